The van der Waals surface area contributed by atoms with Crippen molar-refractivity contribution >= 4 is 18.0 Å². The van der Waals surface area contributed by atoms with E-state index in [9.17, 15) is 0 Å². The van der Waals surface area contributed by atoms with Crippen molar-refractivity contribution in [3.63, 3.8) is 0 Å². The molecule has 0 fully saturated rings. The van der Waals surface area contributed by atoms with E-state index in [0.717, 1.165) is 0 Å². The van der Waals surface area contributed by atoms with Crippen molar-refractivity contribution in [2.24, 2.45) is 0 Å². The quantitative estimate of drug-likeness (QED) is 0.480. The Bertz CT molecular complexity index is 347. The average molecular weight is 250 g/mol. The Morgan fingerprint density at radius 1 is 1.07 bits per heavy atom. The van der Waals surface area contributed by atoms with Crippen LogP contribution in [0.4, 0.5) is 0 Å². The molecule has 2 rings (SSSR count). The zero-order chi connectivity index (χ0) is 11.3. The summed E-state index contributed by atoms with van der Waals surface area (Å²) >= 11 is 1.78. The lowest BCUT2D eigenvalue weighted by atomic mass is 10.2. The van der Waals surface area contributed by atoms with Gasteiger partial charge in [0, 0.05) is 6.08 Å². The van der Waals surface area contributed by atoms with Gasteiger partial charge in [0.1, 0.15) is 18.1 Å². The number of fused-ring (bicyclic) bond motifs is 1. The van der Waals surface area contributed by atoms with Gasteiger partial charge < -0.3 is 0 Å². The molecule has 1 aliphatic heterocycles. The SMILES string of the molecule is C1=Cc2ccccc2S[NH2+]1.[O-][Cl+3]([O-])([O-])[O-]. The van der Waals surface area contributed by atoms with Crippen molar-refractivity contribution in [3.8, 4) is 0 Å². The summed E-state index contributed by atoms with van der Waals surface area (Å²) in [7, 11) is -4.94. The number of hydrogen-bond donors (Lipinski definition) is 1. The second-order valence-electron chi connectivity index (χ2n) is 2.53. The van der Waals surface area contributed by atoms with Crippen molar-refractivity contribution in [3.05, 3.63) is 36.0 Å². The molecule has 0 radical (unpaired) electrons. The standard InChI is InChI=1S/C8H7NS.ClHO4/c1-2-4-8-7(3-1)5-6-9-10-8;2-1(3,4)5/h1-6,9H;(H,2,3,4,5). The van der Waals surface area contributed by atoms with Gasteiger partial charge in [-0.2, -0.15) is 0 Å². The fourth-order valence-corrected chi connectivity index (χ4v) is 1.71. The number of benzene rings is 1. The topological polar surface area (TPSA) is 109 Å². The van der Waals surface area contributed by atoms with Gasteiger partial charge in [-0.25, -0.2) is 18.6 Å². The average Bonchev–Trinajstić information content (AvgIpc) is 2.16. The summed E-state index contributed by atoms with van der Waals surface area (Å²) in [6, 6.07) is 8.40. The van der Waals surface area contributed by atoms with E-state index >= 15 is 0 Å². The molecule has 2 N–H and O–H groups in total. The maximum atomic E-state index is 8.49. The molecule has 0 aliphatic carbocycles. The summed E-state index contributed by atoms with van der Waals surface area (Å²) in [5, 5.41) is 0. The predicted molar refractivity (Wildman–Crippen MR) is 43.3 cm³/mol. The highest BCUT2D eigenvalue weighted by atomic mass is 35.7. The van der Waals surface area contributed by atoms with Crippen LogP contribution in [-0.2, 0) is 0 Å². The monoisotopic (exact) mass is 249 g/mol. The summed E-state index contributed by atoms with van der Waals surface area (Å²) < 4.78 is 36.1. The van der Waals surface area contributed by atoms with Gasteiger partial charge >= 0.3 is 0 Å². The zero-order valence-electron chi connectivity index (χ0n) is 7.46. The Hall–Kier alpha value is -0.600. The Labute approximate surface area is 92.9 Å². The van der Waals surface area contributed by atoms with Crippen molar-refractivity contribution in [1.82, 2.24) is 0 Å². The lowest BCUT2D eigenvalue weighted by molar-refractivity contribution is -2.00. The molecule has 1 aliphatic rings. The van der Waals surface area contributed by atoms with Gasteiger partial charge in [0.2, 0.25) is 0 Å². The summed E-state index contributed by atoms with van der Waals surface area (Å²) in [5.41, 5.74) is 1.33. The van der Waals surface area contributed by atoms with E-state index in [0.29, 0.717) is 0 Å². The van der Waals surface area contributed by atoms with Crippen LogP contribution in [0.1, 0.15) is 5.56 Å². The normalized spacial score (nSPS) is 13.9. The molecular weight excluding hydrogens is 242 g/mol. The van der Waals surface area contributed by atoms with E-state index in [1.54, 1.807) is 11.9 Å². The second-order valence-corrected chi connectivity index (χ2v) is 4.23. The smallest absolute Gasteiger partial charge is 0.114 e. The molecule has 0 saturated heterocycles. The molecular formula is C8H8ClNO4S. The third-order valence-electron chi connectivity index (χ3n) is 1.47. The molecule has 1 heterocycles. The van der Waals surface area contributed by atoms with Crippen molar-refractivity contribution in [2.75, 3.05) is 0 Å². The summed E-state index contributed by atoms with van der Waals surface area (Å²) in [5.74, 6) is 0. The van der Waals surface area contributed by atoms with Gasteiger partial charge in [-0.15, -0.1) is 10.2 Å². The zero-order valence-corrected chi connectivity index (χ0v) is 9.03. The lowest BCUT2D eigenvalue weighted by Crippen LogP contribution is -2.68. The predicted octanol–water partition coefficient (Wildman–Crippen LogP) is -3.51. The molecule has 0 amide bonds. The third-order valence-corrected chi connectivity index (χ3v) is 2.39. The first-order chi connectivity index (χ1) is 6.97. The first-order valence-electron chi connectivity index (χ1n) is 3.84. The molecule has 0 aromatic heterocycles. The van der Waals surface area contributed by atoms with E-state index in [2.05, 4.69) is 41.3 Å². The Balaban J connectivity index is 0.000000195. The van der Waals surface area contributed by atoms with E-state index in [-0.39, 0.29) is 0 Å². The van der Waals surface area contributed by atoms with Gasteiger partial charge in [0.15, 0.2) is 0 Å². The molecule has 0 unspecified atom stereocenters. The van der Waals surface area contributed by atoms with Gasteiger partial charge in [0.05, 0.1) is 4.90 Å². The van der Waals surface area contributed by atoms with Crippen LogP contribution in [0, 0.1) is 10.2 Å². The molecule has 0 saturated carbocycles. The lowest BCUT2D eigenvalue weighted by Gasteiger charge is -2.17. The Morgan fingerprint density at radius 2 is 1.67 bits per heavy atom. The highest BCUT2D eigenvalue weighted by molar-refractivity contribution is 7.92. The first kappa shape index (κ1) is 12.5. The first-order valence-corrected chi connectivity index (χ1v) is 5.95. The maximum Gasteiger partial charge on any atom is 0.114 e. The van der Waals surface area contributed by atoms with Crippen molar-refractivity contribution < 1.29 is 33.6 Å². The number of nitrogens with two attached hydrogens (primary N) is 1. The maximum absolute atomic E-state index is 8.49. The van der Waals surface area contributed by atoms with Gasteiger partial charge in [-0.1, -0.05) is 18.2 Å². The van der Waals surface area contributed by atoms with Gasteiger partial charge in [-0.3, -0.25) is 4.72 Å². The van der Waals surface area contributed by atoms with E-state index in [4.69, 9.17) is 18.6 Å². The fraction of sp³-hybridized carbons (Fsp3) is 0. The van der Waals surface area contributed by atoms with Crippen LogP contribution in [-0.4, -0.2) is 0 Å². The van der Waals surface area contributed by atoms with Crippen LogP contribution in [0.3, 0.4) is 0 Å². The summed E-state index contributed by atoms with van der Waals surface area (Å²) in [6.07, 6.45) is 4.21. The number of rotatable bonds is 0. The molecule has 0 spiro atoms. The largest absolute Gasteiger partial charge is 0.254 e. The Morgan fingerprint density at radius 3 is 2.27 bits per heavy atom. The number of hydrogen-bond acceptors (Lipinski definition) is 5. The molecule has 0 bridgehead atoms. The number of halogens is 1. The van der Waals surface area contributed by atoms with E-state index in [1.807, 2.05) is 0 Å². The Kier molecular flexibility index (Phi) is 4.55. The van der Waals surface area contributed by atoms with Crippen LogP contribution in [0.5, 0.6) is 0 Å². The molecule has 82 valence electrons. The minimum Gasteiger partial charge on any atom is -0.254 e. The summed E-state index contributed by atoms with van der Waals surface area (Å²) in [6.45, 7) is 0. The van der Waals surface area contributed by atoms with Crippen LogP contribution in [0.25, 0.3) is 6.08 Å². The fourth-order valence-electron chi connectivity index (χ4n) is 0.981. The second kappa shape index (κ2) is 5.47. The minimum absolute atomic E-state index is 1.33. The molecule has 7 heteroatoms. The molecule has 1 aromatic rings. The van der Waals surface area contributed by atoms with E-state index in [1.165, 1.54) is 10.5 Å². The molecule has 1 aromatic carbocycles. The number of quaternary nitrogens is 1. The molecule has 5 nitrogen and oxygen atoms in total. The van der Waals surface area contributed by atoms with Crippen molar-refractivity contribution in [2.45, 2.75) is 4.90 Å². The molecule has 15 heavy (non-hydrogen) atoms. The van der Waals surface area contributed by atoms with Crippen LogP contribution < -0.4 is 23.4 Å². The molecule has 0 atom stereocenters. The van der Waals surface area contributed by atoms with Gasteiger partial charge in [0.25, 0.3) is 0 Å². The van der Waals surface area contributed by atoms with Crippen LogP contribution in [0.2, 0.25) is 0 Å². The van der Waals surface area contributed by atoms with Crippen molar-refractivity contribution in [1.29, 1.82) is 0 Å². The van der Waals surface area contributed by atoms with Crippen LogP contribution >= 0.6 is 11.9 Å². The summed E-state index contributed by atoms with van der Waals surface area (Å²) in [4.78, 5) is 1.35. The minimum atomic E-state index is -4.94. The highest BCUT2D eigenvalue weighted by Crippen LogP contribution is 2.19. The highest BCUT2D eigenvalue weighted by Gasteiger charge is 2.05. The third kappa shape index (κ3) is 5.75. The van der Waals surface area contributed by atoms with Gasteiger partial charge in [-0.05, 0) is 11.6 Å². The van der Waals surface area contributed by atoms with Crippen LogP contribution in [0.15, 0.2) is 35.4 Å². The van der Waals surface area contributed by atoms with E-state index < -0.39 is 10.2 Å².